The zero-order valence-corrected chi connectivity index (χ0v) is 15.9. The van der Waals surface area contributed by atoms with Crippen molar-refractivity contribution in [3.63, 3.8) is 0 Å². The maximum absolute atomic E-state index is 9.41. The number of aliphatic hydroxyl groups is 1. The molecule has 142 valence electrons. The van der Waals surface area contributed by atoms with Crippen molar-refractivity contribution in [3.8, 4) is 0 Å². The average Bonchev–Trinajstić information content (AvgIpc) is 3.11. The summed E-state index contributed by atoms with van der Waals surface area (Å²) in [5, 5.41) is 18.2. The minimum absolute atomic E-state index is 0.225. The highest BCUT2D eigenvalue weighted by molar-refractivity contribution is 5.83. The number of benzene rings is 1. The van der Waals surface area contributed by atoms with Crippen LogP contribution in [0.3, 0.4) is 0 Å². The summed E-state index contributed by atoms with van der Waals surface area (Å²) >= 11 is 0. The van der Waals surface area contributed by atoms with Gasteiger partial charge >= 0.3 is 0 Å². The van der Waals surface area contributed by atoms with Gasteiger partial charge in [-0.05, 0) is 24.3 Å². The van der Waals surface area contributed by atoms with Crippen molar-refractivity contribution in [1.29, 1.82) is 0 Å². The summed E-state index contributed by atoms with van der Waals surface area (Å²) in [6, 6.07) is 10.2. The normalized spacial score (nSPS) is 15.8. The molecule has 3 heterocycles. The molecule has 0 radical (unpaired) electrons. The van der Waals surface area contributed by atoms with Gasteiger partial charge in [-0.25, -0.2) is 14.6 Å². The summed E-state index contributed by atoms with van der Waals surface area (Å²) in [4.78, 5) is 11.9. The Morgan fingerprint density at radius 2 is 1.85 bits per heavy atom. The van der Waals surface area contributed by atoms with E-state index in [1.54, 1.807) is 0 Å². The topological polar surface area (TPSA) is 80.0 Å². The molecule has 1 aliphatic heterocycles. The fourth-order valence-corrected chi connectivity index (χ4v) is 3.53. The van der Waals surface area contributed by atoms with E-state index in [-0.39, 0.29) is 12.5 Å². The monoisotopic (exact) mass is 366 g/mol. The summed E-state index contributed by atoms with van der Waals surface area (Å²) in [6.07, 6.45) is 1.94. The summed E-state index contributed by atoms with van der Waals surface area (Å²) in [5.74, 6) is 2.30. The maximum atomic E-state index is 9.41. The molecule has 1 N–H and O–H groups in total. The van der Waals surface area contributed by atoms with Crippen molar-refractivity contribution in [1.82, 2.24) is 25.0 Å². The average molecular weight is 366 g/mol. The van der Waals surface area contributed by atoms with E-state index >= 15 is 0 Å². The first kappa shape index (κ1) is 17.9. The zero-order chi connectivity index (χ0) is 18.8. The molecule has 0 bridgehead atoms. The van der Waals surface area contributed by atoms with Crippen molar-refractivity contribution >= 4 is 17.0 Å². The van der Waals surface area contributed by atoms with Gasteiger partial charge < -0.3 is 10.0 Å². The molecule has 0 aliphatic carbocycles. The van der Waals surface area contributed by atoms with Gasteiger partial charge in [0.1, 0.15) is 5.82 Å². The van der Waals surface area contributed by atoms with Gasteiger partial charge in [0.15, 0.2) is 17.0 Å². The molecule has 0 amide bonds. The molecule has 0 saturated carbocycles. The second-order valence-corrected chi connectivity index (χ2v) is 7.58. The van der Waals surface area contributed by atoms with Crippen molar-refractivity contribution in [2.75, 3.05) is 24.6 Å². The van der Waals surface area contributed by atoms with Crippen LogP contribution in [-0.4, -0.2) is 49.8 Å². The van der Waals surface area contributed by atoms with Crippen molar-refractivity contribution in [2.24, 2.45) is 5.92 Å². The van der Waals surface area contributed by atoms with Crippen LogP contribution in [0.15, 0.2) is 30.3 Å². The fraction of sp³-hybridized carbons (Fsp3) is 0.500. The molecule has 1 aliphatic rings. The Morgan fingerprint density at radius 1 is 1.11 bits per heavy atom. The van der Waals surface area contributed by atoms with Gasteiger partial charge in [0.25, 0.3) is 0 Å². The van der Waals surface area contributed by atoms with Gasteiger partial charge in [-0.15, -0.1) is 5.10 Å². The van der Waals surface area contributed by atoms with Crippen LogP contribution in [0, 0.1) is 5.92 Å². The maximum Gasteiger partial charge on any atom is 0.184 e. The zero-order valence-electron chi connectivity index (χ0n) is 15.9. The molecule has 1 aromatic carbocycles. The second-order valence-electron chi connectivity index (χ2n) is 7.58. The molecule has 4 rings (SSSR count). The number of aromatic nitrogens is 5. The van der Waals surface area contributed by atoms with Crippen LogP contribution >= 0.6 is 0 Å². The van der Waals surface area contributed by atoms with Crippen LogP contribution < -0.4 is 4.90 Å². The molecule has 0 spiro atoms. The van der Waals surface area contributed by atoms with Crippen LogP contribution in [0.5, 0.6) is 0 Å². The highest BCUT2D eigenvalue weighted by Crippen LogP contribution is 2.28. The van der Waals surface area contributed by atoms with Gasteiger partial charge in [-0.3, -0.25) is 0 Å². The number of anilines is 1. The van der Waals surface area contributed by atoms with Crippen LogP contribution in [0.2, 0.25) is 0 Å². The Morgan fingerprint density at radius 3 is 2.52 bits per heavy atom. The van der Waals surface area contributed by atoms with Gasteiger partial charge in [-0.1, -0.05) is 49.4 Å². The molecule has 3 aromatic rings. The first-order valence-electron chi connectivity index (χ1n) is 9.66. The predicted octanol–water partition coefficient (Wildman–Crippen LogP) is 2.60. The number of rotatable bonds is 5. The Hall–Kier alpha value is -2.54. The molecule has 1 saturated heterocycles. The molecule has 7 nitrogen and oxygen atoms in total. The molecule has 0 atom stereocenters. The highest BCUT2D eigenvalue weighted by atomic mass is 16.3. The van der Waals surface area contributed by atoms with Crippen LogP contribution in [0.25, 0.3) is 11.2 Å². The Kier molecular flexibility index (Phi) is 5.03. The Bertz CT molecular complexity index is 899. The van der Waals surface area contributed by atoms with E-state index in [0.29, 0.717) is 12.5 Å². The Labute approximate surface area is 159 Å². The molecule has 7 heteroatoms. The lowest BCUT2D eigenvalue weighted by molar-refractivity contribution is 0.203. The van der Waals surface area contributed by atoms with Gasteiger partial charge in [0.2, 0.25) is 0 Å². The fourth-order valence-electron chi connectivity index (χ4n) is 3.53. The summed E-state index contributed by atoms with van der Waals surface area (Å²) in [5.41, 5.74) is 2.72. The van der Waals surface area contributed by atoms with Crippen molar-refractivity contribution in [3.05, 3.63) is 41.7 Å². The van der Waals surface area contributed by atoms with E-state index in [1.807, 2.05) is 22.9 Å². The van der Waals surface area contributed by atoms with E-state index in [9.17, 15) is 5.11 Å². The smallest absolute Gasteiger partial charge is 0.184 e. The van der Waals surface area contributed by atoms with E-state index in [0.717, 1.165) is 48.7 Å². The number of hydrogen-bond donors (Lipinski definition) is 1. The predicted molar refractivity (Wildman–Crippen MR) is 105 cm³/mol. The third-order valence-electron chi connectivity index (χ3n) is 5.23. The molecule has 0 unspecified atom stereocenters. The lowest BCUT2D eigenvalue weighted by Crippen LogP contribution is -2.35. The summed E-state index contributed by atoms with van der Waals surface area (Å²) in [6.45, 7) is 6.86. The number of fused-ring (bicyclic) bond motifs is 1. The first-order valence-corrected chi connectivity index (χ1v) is 9.66. The molecule has 27 heavy (non-hydrogen) atoms. The molecular formula is C20H26N6O. The third kappa shape index (κ3) is 3.64. The summed E-state index contributed by atoms with van der Waals surface area (Å²) in [7, 11) is 0. The standard InChI is InChI=1S/C20H26N6O/c1-14(2)18-21-19(25-10-8-16(13-27)9-11-25)17-20(22-18)26(24-23-17)12-15-6-4-3-5-7-15/h3-7,14,16,27H,8-13H2,1-2H3. The summed E-state index contributed by atoms with van der Waals surface area (Å²) < 4.78 is 1.86. The largest absolute Gasteiger partial charge is 0.396 e. The van der Waals surface area contributed by atoms with Crippen molar-refractivity contribution in [2.45, 2.75) is 39.2 Å². The van der Waals surface area contributed by atoms with E-state index in [1.165, 1.54) is 5.56 Å². The molecule has 2 aromatic heterocycles. The van der Waals surface area contributed by atoms with E-state index in [4.69, 9.17) is 9.97 Å². The van der Waals surface area contributed by atoms with E-state index < -0.39 is 0 Å². The molecule has 1 fully saturated rings. The van der Waals surface area contributed by atoms with Gasteiger partial charge in [-0.2, -0.15) is 0 Å². The van der Waals surface area contributed by atoms with Crippen LogP contribution in [-0.2, 0) is 6.54 Å². The number of nitrogens with zero attached hydrogens (tertiary/aromatic N) is 6. The second kappa shape index (κ2) is 7.60. The van der Waals surface area contributed by atoms with E-state index in [2.05, 4.69) is 41.2 Å². The number of aliphatic hydroxyl groups excluding tert-OH is 1. The minimum Gasteiger partial charge on any atom is -0.396 e. The third-order valence-corrected chi connectivity index (χ3v) is 5.23. The first-order chi connectivity index (χ1) is 13.2. The minimum atomic E-state index is 0.225. The van der Waals surface area contributed by atoms with Crippen LogP contribution in [0.4, 0.5) is 5.82 Å². The van der Waals surface area contributed by atoms with Crippen LogP contribution in [0.1, 0.15) is 44.0 Å². The van der Waals surface area contributed by atoms with Crippen molar-refractivity contribution < 1.29 is 5.11 Å². The van der Waals surface area contributed by atoms with Gasteiger partial charge in [0, 0.05) is 25.6 Å². The number of hydrogen-bond acceptors (Lipinski definition) is 6. The molecular weight excluding hydrogens is 340 g/mol. The highest BCUT2D eigenvalue weighted by Gasteiger charge is 2.25. The SMILES string of the molecule is CC(C)c1nc(N2CCC(CO)CC2)c2nnn(Cc3ccccc3)c2n1. The quantitative estimate of drug-likeness (QED) is 0.748. The Balaban J connectivity index is 1.73. The lowest BCUT2D eigenvalue weighted by atomic mass is 9.98. The number of piperidine rings is 1. The lowest BCUT2D eigenvalue weighted by Gasteiger charge is -2.32. The van der Waals surface area contributed by atoms with Gasteiger partial charge in [0.05, 0.1) is 6.54 Å².